The molecule has 28 heavy (non-hydrogen) atoms. The number of anilines is 1. The highest BCUT2D eigenvalue weighted by Crippen LogP contribution is 2.36. The van der Waals surface area contributed by atoms with Gasteiger partial charge in [-0.25, -0.2) is 0 Å². The molecule has 6 heteroatoms. The SMILES string of the molecule is Cc1ccc(Cc2nnc(NC(=O)C3(c4ccccc4)CCOCC3)s2)cc1. The van der Waals surface area contributed by atoms with Gasteiger partial charge in [-0.15, -0.1) is 10.2 Å². The third-order valence-electron chi connectivity index (χ3n) is 5.27. The minimum Gasteiger partial charge on any atom is -0.381 e. The third-order valence-corrected chi connectivity index (χ3v) is 6.11. The summed E-state index contributed by atoms with van der Waals surface area (Å²) < 4.78 is 5.52. The van der Waals surface area contributed by atoms with E-state index < -0.39 is 5.41 Å². The van der Waals surface area contributed by atoms with E-state index in [9.17, 15) is 4.79 Å². The first-order valence-corrected chi connectivity index (χ1v) is 10.3. The van der Waals surface area contributed by atoms with Gasteiger partial charge in [-0.2, -0.15) is 0 Å². The number of hydrogen-bond acceptors (Lipinski definition) is 5. The van der Waals surface area contributed by atoms with Crippen LogP contribution in [0.4, 0.5) is 5.13 Å². The van der Waals surface area contributed by atoms with Gasteiger partial charge in [-0.1, -0.05) is 71.5 Å². The molecular formula is C22H23N3O2S. The Morgan fingerprint density at radius 1 is 1.07 bits per heavy atom. The van der Waals surface area contributed by atoms with Crippen LogP contribution in [0, 0.1) is 6.92 Å². The number of aryl methyl sites for hydroxylation is 1. The Morgan fingerprint density at radius 3 is 2.50 bits per heavy atom. The highest BCUT2D eigenvalue weighted by molar-refractivity contribution is 7.15. The number of hydrogen-bond donors (Lipinski definition) is 1. The van der Waals surface area contributed by atoms with E-state index in [0.29, 0.717) is 37.6 Å². The lowest BCUT2D eigenvalue weighted by Gasteiger charge is -2.35. The maximum Gasteiger partial charge on any atom is 0.237 e. The Balaban J connectivity index is 1.50. The summed E-state index contributed by atoms with van der Waals surface area (Å²) in [6.07, 6.45) is 2.04. The summed E-state index contributed by atoms with van der Waals surface area (Å²) in [5, 5.41) is 12.9. The van der Waals surface area contributed by atoms with Crippen molar-refractivity contribution in [2.45, 2.75) is 31.6 Å². The van der Waals surface area contributed by atoms with Crippen molar-refractivity contribution in [3.05, 3.63) is 76.3 Å². The summed E-state index contributed by atoms with van der Waals surface area (Å²) in [5.74, 6) is -0.0277. The first kappa shape index (κ1) is 18.8. The van der Waals surface area contributed by atoms with Crippen LogP contribution in [0.3, 0.4) is 0 Å². The smallest absolute Gasteiger partial charge is 0.237 e. The number of benzene rings is 2. The fourth-order valence-electron chi connectivity index (χ4n) is 3.60. The normalized spacial score (nSPS) is 15.9. The lowest BCUT2D eigenvalue weighted by Crippen LogP contribution is -2.44. The van der Waals surface area contributed by atoms with E-state index >= 15 is 0 Å². The molecule has 5 nitrogen and oxygen atoms in total. The van der Waals surface area contributed by atoms with Crippen molar-refractivity contribution in [3.63, 3.8) is 0 Å². The molecule has 1 N–H and O–H groups in total. The molecule has 1 aromatic heterocycles. The summed E-state index contributed by atoms with van der Waals surface area (Å²) in [5.41, 5.74) is 2.86. The molecule has 1 aliphatic rings. The number of carbonyl (C=O) groups excluding carboxylic acids is 1. The average Bonchev–Trinajstić information content (AvgIpc) is 3.17. The Kier molecular flexibility index (Phi) is 5.50. The number of rotatable bonds is 5. The standard InChI is InChI=1S/C22H23N3O2S/c1-16-7-9-17(10-8-16)15-19-24-25-21(28-19)23-20(26)22(11-13-27-14-12-22)18-5-3-2-4-6-18/h2-10H,11-15H2,1H3,(H,23,25,26). The van der Waals surface area contributed by atoms with E-state index in [1.54, 1.807) is 0 Å². The van der Waals surface area contributed by atoms with Gasteiger partial charge in [0.2, 0.25) is 11.0 Å². The Hall–Kier alpha value is -2.57. The molecule has 1 aliphatic heterocycles. The monoisotopic (exact) mass is 393 g/mol. The van der Waals surface area contributed by atoms with Crippen molar-refractivity contribution in [1.82, 2.24) is 10.2 Å². The van der Waals surface area contributed by atoms with E-state index in [1.807, 2.05) is 30.3 Å². The largest absolute Gasteiger partial charge is 0.381 e. The second-order valence-electron chi connectivity index (χ2n) is 7.18. The molecule has 1 amide bonds. The number of aromatic nitrogens is 2. The van der Waals surface area contributed by atoms with Gasteiger partial charge < -0.3 is 4.74 Å². The molecule has 2 heterocycles. The molecule has 0 saturated carbocycles. The second kappa shape index (κ2) is 8.20. The summed E-state index contributed by atoms with van der Waals surface area (Å²) in [6, 6.07) is 18.3. The summed E-state index contributed by atoms with van der Waals surface area (Å²) in [7, 11) is 0. The van der Waals surface area contributed by atoms with Crippen molar-refractivity contribution in [3.8, 4) is 0 Å². The lowest BCUT2D eigenvalue weighted by molar-refractivity contribution is -0.125. The van der Waals surface area contributed by atoms with Gasteiger partial charge in [0.25, 0.3) is 0 Å². The summed E-state index contributed by atoms with van der Waals surface area (Å²) >= 11 is 1.43. The quantitative estimate of drug-likeness (QED) is 0.708. The molecule has 0 unspecified atom stereocenters. The number of nitrogens with one attached hydrogen (secondary N) is 1. The van der Waals surface area contributed by atoms with Crippen LogP contribution >= 0.6 is 11.3 Å². The van der Waals surface area contributed by atoms with E-state index in [-0.39, 0.29) is 5.91 Å². The highest BCUT2D eigenvalue weighted by Gasteiger charge is 2.42. The van der Waals surface area contributed by atoms with Crippen molar-refractivity contribution < 1.29 is 9.53 Å². The van der Waals surface area contributed by atoms with Gasteiger partial charge in [-0.3, -0.25) is 10.1 Å². The van der Waals surface area contributed by atoms with Gasteiger partial charge in [-0.05, 0) is 30.9 Å². The minimum absolute atomic E-state index is 0.0277. The fourth-order valence-corrected chi connectivity index (χ4v) is 4.37. The van der Waals surface area contributed by atoms with Gasteiger partial charge >= 0.3 is 0 Å². The predicted octanol–water partition coefficient (Wildman–Crippen LogP) is 4.12. The molecule has 144 valence electrons. The van der Waals surface area contributed by atoms with Gasteiger partial charge in [0.1, 0.15) is 5.01 Å². The van der Waals surface area contributed by atoms with E-state index in [4.69, 9.17) is 4.74 Å². The van der Waals surface area contributed by atoms with Crippen molar-refractivity contribution in [2.75, 3.05) is 18.5 Å². The minimum atomic E-state index is -0.581. The van der Waals surface area contributed by atoms with Crippen LogP contribution in [0.1, 0.15) is 34.5 Å². The molecule has 0 spiro atoms. The zero-order valence-corrected chi connectivity index (χ0v) is 16.7. The topological polar surface area (TPSA) is 64.1 Å². The zero-order chi connectivity index (χ0) is 19.4. The average molecular weight is 394 g/mol. The first-order valence-electron chi connectivity index (χ1n) is 9.48. The number of ether oxygens (including phenoxy) is 1. The van der Waals surface area contributed by atoms with Crippen LogP contribution in [0.5, 0.6) is 0 Å². The maximum atomic E-state index is 13.3. The van der Waals surface area contributed by atoms with E-state index in [2.05, 4.69) is 46.7 Å². The molecule has 0 aliphatic carbocycles. The lowest BCUT2D eigenvalue weighted by atomic mass is 9.73. The molecule has 1 fully saturated rings. The molecule has 1 saturated heterocycles. The van der Waals surface area contributed by atoms with Crippen molar-refractivity contribution in [2.24, 2.45) is 0 Å². The van der Waals surface area contributed by atoms with Crippen molar-refractivity contribution >= 4 is 22.4 Å². The molecule has 0 bridgehead atoms. The molecule has 3 aromatic rings. The van der Waals surface area contributed by atoms with Gasteiger partial charge in [0.05, 0.1) is 5.41 Å². The van der Waals surface area contributed by atoms with Gasteiger partial charge in [0.15, 0.2) is 0 Å². The van der Waals surface area contributed by atoms with E-state index in [0.717, 1.165) is 10.6 Å². The third kappa shape index (κ3) is 3.98. The van der Waals surface area contributed by atoms with Gasteiger partial charge in [0, 0.05) is 19.6 Å². The highest BCUT2D eigenvalue weighted by atomic mass is 32.1. The van der Waals surface area contributed by atoms with Crippen LogP contribution in [0.2, 0.25) is 0 Å². The first-order chi connectivity index (χ1) is 13.7. The Labute approximate surface area is 168 Å². The predicted molar refractivity (Wildman–Crippen MR) is 111 cm³/mol. The number of nitrogens with zero attached hydrogens (tertiary/aromatic N) is 2. The zero-order valence-electron chi connectivity index (χ0n) is 15.9. The van der Waals surface area contributed by atoms with Crippen LogP contribution in [-0.4, -0.2) is 29.3 Å². The van der Waals surface area contributed by atoms with Crippen LogP contribution in [-0.2, 0) is 21.4 Å². The van der Waals surface area contributed by atoms with Crippen LogP contribution in [0.25, 0.3) is 0 Å². The molecule has 2 aromatic carbocycles. The maximum absolute atomic E-state index is 13.3. The summed E-state index contributed by atoms with van der Waals surface area (Å²) in [4.78, 5) is 13.3. The van der Waals surface area contributed by atoms with Crippen LogP contribution in [0.15, 0.2) is 54.6 Å². The number of carbonyl (C=O) groups is 1. The van der Waals surface area contributed by atoms with Crippen LogP contribution < -0.4 is 5.32 Å². The molecule has 4 rings (SSSR count). The fraction of sp³-hybridized carbons (Fsp3) is 0.318. The molecule has 0 atom stereocenters. The molecular weight excluding hydrogens is 370 g/mol. The van der Waals surface area contributed by atoms with E-state index in [1.165, 1.54) is 22.5 Å². The summed E-state index contributed by atoms with van der Waals surface area (Å²) in [6.45, 7) is 3.23. The molecule has 0 radical (unpaired) electrons. The Morgan fingerprint density at radius 2 is 1.79 bits per heavy atom. The second-order valence-corrected chi connectivity index (χ2v) is 8.24. The van der Waals surface area contributed by atoms with Crippen molar-refractivity contribution in [1.29, 1.82) is 0 Å². The Bertz CT molecular complexity index is 932. The number of amides is 1.